The number of fused-ring (bicyclic) bond motifs is 1. The molecule has 1 amide bonds. The van der Waals surface area contributed by atoms with Gasteiger partial charge in [-0.2, -0.15) is 0 Å². The topological polar surface area (TPSA) is 32.3 Å². The smallest absolute Gasteiger partial charge is 0.225 e. The van der Waals surface area contributed by atoms with Crippen molar-refractivity contribution in [3.8, 4) is 0 Å². The molecule has 2 aromatic rings. The Morgan fingerprint density at radius 2 is 1.82 bits per heavy atom. The molecular weight excluding hydrogens is 272 g/mol. The van der Waals surface area contributed by atoms with Crippen LogP contribution in [0.25, 0.3) is 10.8 Å². The highest BCUT2D eigenvalue weighted by Gasteiger charge is 2.35. The minimum Gasteiger partial charge on any atom is -0.349 e. The van der Waals surface area contributed by atoms with Crippen molar-refractivity contribution in [1.82, 2.24) is 10.2 Å². The first-order valence-corrected chi connectivity index (χ1v) is 8.01. The summed E-state index contributed by atoms with van der Waals surface area (Å²) in [5.41, 5.74) is 1.33. The molecule has 1 atom stereocenters. The standard InChI is InChI=1S/C19H24N2O/c1-13(20-16-11-15(12-16)19(22)21(2)3)17-10-6-8-14-7-4-5-9-18(14)17/h4-10,13,15-16,20H,11-12H2,1-3H3. The number of nitrogens with one attached hydrogen (secondary N) is 1. The fourth-order valence-corrected chi connectivity index (χ4v) is 3.39. The highest BCUT2D eigenvalue weighted by molar-refractivity contribution is 5.86. The van der Waals surface area contributed by atoms with E-state index < -0.39 is 0 Å². The molecule has 1 N–H and O–H groups in total. The molecule has 1 aliphatic carbocycles. The number of rotatable bonds is 4. The summed E-state index contributed by atoms with van der Waals surface area (Å²) in [6.07, 6.45) is 1.90. The van der Waals surface area contributed by atoms with E-state index in [1.807, 2.05) is 14.1 Å². The lowest BCUT2D eigenvalue weighted by molar-refractivity contribution is -0.136. The summed E-state index contributed by atoms with van der Waals surface area (Å²) in [4.78, 5) is 13.6. The fraction of sp³-hybridized carbons (Fsp3) is 0.421. The van der Waals surface area contributed by atoms with E-state index in [0.29, 0.717) is 12.1 Å². The van der Waals surface area contributed by atoms with Gasteiger partial charge in [0, 0.05) is 32.1 Å². The molecule has 2 aromatic carbocycles. The van der Waals surface area contributed by atoms with Gasteiger partial charge in [-0.05, 0) is 36.1 Å². The summed E-state index contributed by atoms with van der Waals surface area (Å²) in [5.74, 6) is 0.461. The Morgan fingerprint density at radius 3 is 2.55 bits per heavy atom. The van der Waals surface area contributed by atoms with Gasteiger partial charge < -0.3 is 10.2 Å². The van der Waals surface area contributed by atoms with E-state index in [9.17, 15) is 4.79 Å². The maximum absolute atomic E-state index is 11.9. The third-order valence-electron chi connectivity index (χ3n) is 4.70. The van der Waals surface area contributed by atoms with Gasteiger partial charge in [-0.3, -0.25) is 4.79 Å². The van der Waals surface area contributed by atoms with Gasteiger partial charge >= 0.3 is 0 Å². The van der Waals surface area contributed by atoms with Crippen LogP contribution in [0.4, 0.5) is 0 Å². The predicted molar refractivity (Wildman–Crippen MR) is 90.7 cm³/mol. The first kappa shape index (κ1) is 15.0. The Balaban J connectivity index is 1.66. The summed E-state index contributed by atoms with van der Waals surface area (Å²) in [7, 11) is 3.67. The van der Waals surface area contributed by atoms with Crippen LogP contribution in [0.15, 0.2) is 42.5 Å². The molecular formula is C19H24N2O. The van der Waals surface area contributed by atoms with Crippen molar-refractivity contribution in [2.75, 3.05) is 14.1 Å². The van der Waals surface area contributed by atoms with Gasteiger partial charge in [-0.1, -0.05) is 42.5 Å². The van der Waals surface area contributed by atoms with Gasteiger partial charge in [0.05, 0.1) is 0 Å². The normalized spacial score (nSPS) is 22.1. The number of hydrogen-bond donors (Lipinski definition) is 1. The second-order valence-electron chi connectivity index (χ2n) is 6.55. The van der Waals surface area contributed by atoms with Gasteiger partial charge in [-0.15, -0.1) is 0 Å². The molecule has 0 bridgehead atoms. The minimum absolute atomic E-state index is 0.201. The second-order valence-corrected chi connectivity index (χ2v) is 6.55. The van der Waals surface area contributed by atoms with Crippen LogP contribution in [0, 0.1) is 5.92 Å². The van der Waals surface area contributed by atoms with E-state index in [0.717, 1.165) is 12.8 Å². The molecule has 0 spiro atoms. The number of carbonyl (C=O) groups excluding carboxylic acids is 1. The highest BCUT2D eigenvalue weighted by Crippen LogP contribution is 2.32. The summed E-state index contributed by atoms with van der Waals surface area (Å²) in [6.45, 7) is 2.21. The summed E-state index contributed by atoms with van der Waals surface area (Å²) in [5, 5.41) is 6.27. The molecule has 1 saturated carbocycles. The first-order valence-electron chi connectivity index (χ1n) is 8.01. The van der Waals surface area contributed by atoms with E-state index in [2.05, 4.69) is 54.7 Å². The molecule has 1 aliphatic rings. The van der Waals surface area contributed by atoms with Crippen molar-refractivity contribution < 1.29 is 4.79 Å². The zero-order valence-electron chi connectivity index (χ0n) is 13.5. The van der Waals surface area contributed by atoms with Crippen molar-refractivity contribution in [3.63, 3.8) is 0 Å². The summed E-state index contributed by atoms with van der Waals surface area (Å²) in [6, 6.07) is 15.7. The minimum atomic E-state index is 0.201. The van der Waals surface area contributed by atoms with Crippen LogP contribution in [0.2, 0.25) is 0 Å². The zero-order chi connectivity index (χ0) is 15.7. The molecule has 1 fully saturated rings. The lowest BCUT2D eigenvalue weighted by Gasteiger charge is -2.38. The van der Waals surface area contributed by atoms with E-state index in [1.54, 1.807) is 4.90 Å². The van der Waals surface area contributed by atoms with Crippen LogP contribution in [-0.4, -0.2) is 30.9 Å². The van der Waals surface area contributed by atoms with E-state index >= 15 is 0 Å². The lowest BCUT2D eigenvalue weighted by Crippen LogP contribution is -2.47. The number of nitrogens with zero attached hydrogens (tertiary/aromatic N) is 1. The third kappa shape index (κ3) is 2.86. The molecule has 3 rings (SSSR count). The largest absolute Gasteiger partial charge is 0.349 e. The third-order valence-corrected chi connectivity index (χ3v) is 4.70. The van der Waals surface area contributed by atoms with Crippen molar-refractivity contribution >= 4 is 16.7 Å². The maximum atomic E-state index is 11.9. The molecule has 0 saturated heterocycles. The Hall–Kier alpha value is -1.87. The van der Waals surface area contributed by atoms with E-state index in [-0.39, 0.29) is 11.8 Å². The average Bonchev–Trinajstić information content (AvgIpc) is 2.49. The van der Waals surface area contributed by atoms with Crippen LogP contribution in [0.3, 0.4) is 0 Å². The van der Waals surface area contributed by atoms with Crippen LogP contribution < -0.4 is 5.32 Å². The maximum Gasteiger partial charge on any atom is 0.225 e. The van der Waals surface area contributed by atoms with E-state index in [4.69, 9.17) is 0 Å². The van der Waals surface area contributed by atoms with Gasteiger partial charge in [0.25, 0.3) is 0 Å². The van der Waals surface area contributed by atoms with Crippen molar-refractivity contribution in [2.24, 2.45) is 5.92 Å². The van der Waals surface area contributed by atoms with Crippen molar-refractivity contribution in [3.05, 3.63) is 48.0 Å². The average molecular weight is 296 g/mol. The molecule has 22 heavy (non-hydrogen) atoms. The molecule has 0 radical (unpaired) electrons. The van der Waals surface area contributed by atoms with Gasteiger partial charge in [0.15, 0.2) is 0 Å². The van der Waals surface area contributed by atoms with Crippen LogP contribution in [0.5, 0.6) is 0 Å². The SMILES string of the molecule is CC(NC1CC(C(=O)N(C)C)C1)c1cccc2ccccc12. The molecule has 3 nitrogen and oxygen atoms in total. The predicted octanol–water partition coefficient (Wildman–Crippen LogP) is 3.36. The quantitative estimate of drug-likeness (QED) is 0.938. The van der Waals surface area contributed by atoms with Gasteiger partial charge in [0.1, 0.15) is 0 Å². The fourth-order valence-electron chi connectivity index (χ4n) is 3.39. The molecule has 1 unspecified atom stereocenters. The molecule has 0 heterocycles. The van der Waals surface area contributed by atoms with Gasteiger partial charge in [0.2, 0.25) is 5.91 Å². The van der Waals surface area contributed by atoms with Crippen LogP contribution in [-0.2, 0) is 4.79 Å². The van der Waals surface area contributed by atoms with E-state index in [1.165, 1.54) is 16.3 Å². The summed E-state index contributed by atoms with van der Waals surface area (Å²) >= 11 is 0. The molecule has 0 aliphatic heterocycles. The number of amides is 1. The Kier molecular flexibility index (Phi) is 4.16. The molecule has 0 aromatic heterocycles. The van der Waals surface area contributed by atoms with Crippen molar-refractivity contribution in [1.29, 1.82) is 0 Å². The number of benzene rings is 2. The Labute approximate surface area is 132 Å². The lowest BCUT2D eigenvalue weighted by atomic mass is 9.78. The Morgan fingerprint density at radius 1 is 1.14 bits per heavy atom. The second kappa shape index (κ2) is 6.09. The van der Waals surface area contributed by atoms with Crippen LogP contribution >= 0.6 is 0 Å². The van der Waals surface area contributed by atoms with Crippen molar-refractivity contribution in [2.45, 2.75) is 31.8 Å². The van der Waals surface area contributed by atoms with Gasteiger partial charge in [-0.25, -0.2) is 0 Å². The number of carbonyl (C=O) groups is 1. The monoisotopic (exact) mass is 296 g/mol. The summed E-state index contributed by atoms with van der Waals surface area (Å²) < 4.78 is 0. The molecule has 3 heteroatoms. The zero-order valence-corrected chi connectivity index (χ0v) is 13.5. The molecule has 116 valence electrons. The first-order chi connectivity index (χ1) is 10.6. The highest BCUT2D eigenvalue weighted by atomic mass is 16.2. The Bertz CT molecular complexity index is 669. The number of hydrogen-bond acceptors (Lipinski definition) is 2. The van der Waals surface area contributed by atoms with Crippen LogP contribution in [0.1, 0.15) is 31.4 Å².